The third-order valence-corrected chi connectivity index (χ3v) is 7.52. The van der Waals surface area contributed by atoms with E-state index in [2.05, 4.69) is 20.6 Å². The van der Waals surface area contributed by atoms with E-state index in [0.29, 0.717) is 37.0 Å². The number of hydrogen-bond acceptors (Lipinski definition) is 7. The zero-order chi connectivity index (χ0) is 28.4. The Hall–Kier alpha value is -3.87. The second-order valence-corrected chi connectivity index (χ2v) is 10.4. The first-order valence-electron chi connectivity index (χ1n) is 12.5. The molecule has 12 heteroatoms. The van der Waals surface area contributed by atoms with Crippen LogP contribution >= 0.6 is 11.3 Å². The summed E-state index contributed by atoms with van der Waals surface area (Å²) < 4.78 is 59.7. The van der Waals surface area contributed by atoms with Crippen LogP contribution in [0.15, 0.2) is 48.1 Å². The Kier molecular flexibility index (Phi) is 8.10. The number of nitrogens with zero attached hydrogens (tertiary/aromatic N) is 4. The molecule has 2 aromatic heterocycles. The predicted octanol–water partition coefficient (Wildman–Crippen LogP) is 5.81. The van der Waals surface area contributed by atoms with Crippen molar-refractivity contribution in [3.63, 3.8) is 0 Å². The summed E-state index contributed by atoms with van der Waals surface area (Å²) in [4.78, 5) is 25.2. The summed E-state index contributed by atoms with van der Waals surface area (Å²) in [5.41, 5.74) is 1.09. The van der Waals surface area contributed by atoms with Crippen LogP contribution in [0.25, 0.3) is 11.3 Å². The molecule has 0 aliphatic carbocycles. The van der Waals surface area contributed by atoms with E-state index in [1.807, 2.05) is 36.4 Å². The van der Waals surface area contributed by atoms with E-state index in [0.717, 1.165) is 16.8 Å². The maximum Gasteiger partial charge on any atom is 0.261 e. The molecule has 7 nitrogen and oxygen atoms in total. The minimum Gasteiger partial charge on any atom is -0.331 e. The fourth-order valence-corrected chi connectivity index (χ4v) is 5.10. The van der Waals surface area contributed by atoms with Crippen LogP contribution in [0.4, 0.5) is 34.1 Å². The number of carbonyl (C=O) groups is 1. The summed E-state index contributed by atoms with van der Waals surface area (Å²) in [5, 5.41) is 7.95. The van der Waals surface area contributed by atoms with Crippen LogP contribution in [0.2, 0.25) is 0 Å². The Morgan fingerprint density at radius 1 is 1.02 bits per heavy atom. The summed E-state index contributed by atoms with van der Waals surface area (Å²) >= 11 is 1.36. The lowest BCUT2D eigenvalue weighted by Crippen LogP contribution is -2.44. The second kappa shape index (κ2) is 11.7. The van der Waals surface area contributed by atoms with Crippen molar-refractivity contribution in [3.8, 4) is 11.3 Å². The van der Waals surface area contributed by atoms with Gasteiger partial charge in [-0.15, -0.1) is 11.3 Å². The number of thiazole rings is 1. The lowest BCUT2D eigenvalue weighted by atomic mass is 10.1. The van der Waals surface area contributed by atoms with Crippen molar-refractivity contribution in [1.82, 2.24) is 19.8 Å². The van der Waals surface area contributed by atoms with E-state index in [1.165, 1.54) is 17.4 Å². The molecule has 1 fully saturated rings. The highest BCUT2D eigenvalue weighted by molar-refractivity contribution is 7.14. The van der Waals surface area contributed by atoms with Gasteiger partial charge in [0.1, 0.15) is 5.56 Å². The van der Waals surface area contributed by atoms with E-state index in [9.17, 15) is 22.4 Å². The molecular formula is C28H26F4N6OS. The molecular weight excluding hydrogens is 544 g/mol. The van der Waals surface area contributed by atoms with Crippen LogP contribution in [0.3, 0.4) is 0 Å². The minimum atomic E-state index is -1.73. The maximum atomic E-state index is 15.0. The summed E-state index contributed by atoms with van der Waals surface area (Å²) in [6.45, 7) is 3.85. The predicted molar refractivity (Wildman–Crippen MR) is 147 cm³/mol. The van der Waals surface area contributed by atoms with E-state index in [1.54, 1.807) is 29.4 Å². The molecule has 1 aliphatic rings. The Bertz CT molecular complexity index is 1510. The lowest BCUT2D eigenvalue weighted by Gasteiger charge is -2.32. The van der Waals surface area contributed by atoms with Crippen LogP contribution in [-0.2, 0) is 6.54 Å². The quantitative estimate of drug-likeness (QED) is 0.216. The normalized spacial score (nSPS) is 14.3. The Morgan fingerprint density at radius 2 is 1.75 bits per heavy atom. The van der Waals surface area contributed by atoms with Gasteiger partial charge in [0.25, 0.3) is 5.91 Å². The third-order valence-electron chi connectivity index (χ3n) is 6.76. The number of likely N-dealkylation sites (N-methyl/N-ethyl adjacent to an activating group) is 1. The number of nitrogens with one attached hydrogen (secondary N) is 2. The number of piperazine rings is 1. The van der Waals surface area contributed by atoms with Gasteiger partial charge in [-0.25, -0.2) is 22.5 Å². The molecule has 40 heavy (non-hydrogen) atoms. The second-order valence-electron chi connectivity index (χ2n) is 9.58. The van der Waals surface area contributed by atoms with Crippen molar-refractivity contribution in [2.24, 2.45) is 0 Å². The summed E-state index contributed by atoms with van der Waals surface area (Å²) in [6, 6.07) is 8.44. The zero-order valence-electron chi connectivity index (χ0n) is 21.8. The molecule has 1 aliphatic heterocycles. The van der Waals surface area contributed by atoms with Gasteiger partial charge < -0.3 is 15.5 Å². The molecule has 5 rings (SSSR count). The fraction of sp³-hybridized carbons (Fsp3) is 0.250. The molecule has 0 radical (unpaired) electrons. The molecule has 0 unspecified atom stereocenters. The van der Waals surface area contributed by atoms with Crippen molar-refractivity contribution < 1.29 is 22.4 Å². The molecule has 1 amide bonds. The van der Waals surface area contributed by atoms with Gasteiger partial charge in [-0.2, -0.15) is 0 Å². The van der Waals surface area contributed by atoms with E-state index in [4.69, 9.17) is 0 Å². The van der Waals surface area contributed by atoms with Gasteiger partial charge in [0.05, 0.1) is 5.69 Å². The first-order chi connectivity index (χ1) is 19.2. The van der Waals surface area contributed by atoms with Crippen molar-refractivity contribution in [2.45, 2.75) is 13.5 Å². The standard InChI is InChI=1S/C28H26F4N6OS/c1-16-5-6-18(12-20(16)35-28-36-21(15-40-28)17-4-3-7-33-13-17)34-27(39)22-25(31)23(29)19(24(30)26(22)32)14-38-10-8-37(2)9-11-38/h3-7,12-13,15H,8-11,14H2,1-2H3,(H,34,39)(H,35,36). The fourth-order valence-electron chi connectivity index (χ4n) is 4.37. The van der Waals surface area contributed by atoms with E-state index >= 15 is 0 Å². The Labute approximate surface area is 232 Å². The van der Waals surface area contributed by atoms with Crippen molar-refractivity contribution >= 4 is 33.8 Å². The number of anilines is 3. The van der Waals surface area contributed by atoms with Gasteiger partial charge in [-0.05, 0) is 43.8 Å². The number of carbonyl (C=O) groups excluding carboxylic acids is 1. The van der Waals surface area contributed by atoms with Crippen LogP contribution < -0.4 is 10.6 Å². The first kappa shape index (κ1) is 27.7. The first-order valence-corrected chi connectivity index (χ1v) is 13.4. The largest absolute Gasteiger partial charge is 0.331 e. The molecule has 208 valence electrons. The molecule has 4 aromatic rings. The highest BCUT2D eigenvalue weighted by atomic mass is 32.1. The van der Waals surface area contributed by atoms with Gasteiger partial charge in [0.15, 0.2) is 28.4 Å². The highest BCUT2D eigenvalue weighted by Crippen LogP contribution is 2.31. The molecule has 3 heterocycles. The monoisotopic (exact) mass is 570 g/mol. The SMILES string of the molecule is Cc1ccc(NC(=O)c2c(F)c(F)c(CN3CCN(C)CC3)c(F)c2F)cc1Nc1nc(-c2cccnc2)cs1. The number of aryl methyl sites for hydroxylation is 1. The highest BCUT2D eigenvalue weighted by Gasteiger charge is 2.30. The smallest absolute Gasteiger partial charge is 0.261 e. The number of amides is 1. The van der Waals surface area contributed by atoms with E-state index in [-0.39, 0.29) is 12.2 Å². The van der Waals surface area contributed by atoms with Gasteiger partial charge in [0.2, 0.25) is 0 Å². The molecule has 0 saturated carbocycles. The molecule has 0 bridgehead atoms. The van der Waals surface area contributed by atoms with Crippen LogP contribution in [0.1, 0.15) is 21.5 Å². The minimum absolute atomic E-state index is 0.170. The van der Waals surface area contributed by atoms with Gasteiger partial charge in [-0.1, -0.05) is 6.07 Å². The molecule has 0 spiro atoms. The number of rotatable bonds is 7. The van der Waals surface area contributed by atoms with Gasteiger partial charge >= 0.3 is 0 Å². The number of pyridine rings is 1. The average molecular weight is 571 g/mol. The van der Waals surface area contributed by atoms with Crippen molar-refractivity contribution in [2.75, 3.05) is 43.9 Å². The number of benzene rings is 2. The van der Waals surface area contributed by atoms with Crippen LogP contribution in [0.5, 0.6) is 0 Å². The molecule has 1 saturated heterocycles. The number of aromatic nitrogens is 2. The van der Waals surface area contributed by atoms with Crippen LogP contribution in [-0.4, -0.2) is 58.9 Å². The molecule has 2 aromatic carbocycles. The molecule has 2 N–H and O–H groups in total. The van der Waals surface area contributed by atoms with Crippen molar-refractivity contribution in [3.05, 3.63) is 88.1 Å². The summed E-state index contributed by atoms with van der Waals surface area (Å²) in [6.07, 6.45) is 3.37. The summed E-state index contributed by atoms with van der Waals surface area (Å²) in [5.74, 6) is -7.89. The lowest BCUT2D eigenvalue weighted by molar-refractivity contribution is 0.101. The Balaban J connectivity index is 1.34. The van der Waals surface area contributed by atoms with Crippen LogP contribution in [0, 0.1) is 30.2 Å². The van der Waals surface area contributed by atoms with Crippen molar-refractivity contribution in [1.29, 1.82) is 0 Å². The number of halogens is 4. The van der Waals surface area contributed by atoms with E-state index < -0.39 is 40.3 Å². The number of hydrogen-bond donors (Lipinski definition) is 2. The third kappa shape index (κ3) is 5.83. The topological polar surface area (TPSA) is 73.4 Å². The zero-order valence-corrected chi connectivity index (χ0v) is 22.6. The maximum absolute atomic E-state index is 15.0. The van der Waals surface area contributed by atoms with Gasteiger partial charge in [-0.3, -0.25) is 14.7 Å². The molecule has 0 atom stereocenters. The van der Waals surface area contributed by atoms with Gasteiger partial charge in [0, 0.05) is 73.0 Å². The summed E-state index contributed by atoms with van der Waals surface area (Å²) in [7, 11) is 1.91. The average Bonchev–Trinajstić information content (AvgIpc) is 3.42. The Morgan fingerprint density at radius 3 is 2.42 bits per heavy atom.